The molecule has 2 aromatic heterocycles. The molecule has 0 saturated heterocycles. The molecular formula is C13H7ClN2O3. The van der Waals surface area contributed by atoms with E-state index in [0.29, 0.717) is 11.1 Å². The highest BCUT2D eigenvalue weighted by Gasteiger charge is 2.16. The lowest BCUT2D eigenvalue weighted by atomic mass is 10.1. The SMILES string of the molecule is O=C(O)c1nc(-c2coc3ccccc23)ncc1Cl. The average molecular weight is 275 g/mol. The van der Waals surface area contributed by atoms with Gasteiger partial charge in [-0.05, 0) is 6.07 Å². The highest BCUT2D eigenvalue weighted by atomic mass is 35.5. The molecular weight excluding hydrogens is 268 g/mol. The maximum atomic E-state index is 11.0. The number of furan rings is 1. The molecule has 94 valence electrons. The summed E-state index contributed by atoms with van der Waals surface area (Å²) in [6.45, 7) is 0. The van der Waals surface area contributed by atoms with Crippen LogP contribution in [0.25, 0.3) is 22.4 Å². The van der Waals surface area contributed by atoms with E-state index in [1.54, 1.807) is 0 Å². The minimum Gasteiger partial charge on any atom is -0.476 e. The molecule has 0 aliphatic heterocycles. The van der Waals surface area contributed by atoms with Gasteiger partial charge in [0.2, 0.25) is 0 Å². The Morgan fingerprint density at radius 3 is 2.89 bits per heavy atom. The lowest BCUT2D eigenvalue weighted by molar-refractivity contribution is 0.0690. The molecule has 0 amide bonds. The third kappa shape index (κ3) is 1.94. The molecule has 0 fully saturated rings. The topological polar surface area (TPSA) is 76.2 Å². The van der Waals surface area contributed by atoms with Gasteiger partial charge in [-0.15, -0.1) is 0 Å². The van der Waals surface area contributed by atoms with Crippen molar-refractivity contribution < 1.29 is 14.3 Å². The van der Waals surface area contributed by atoms with Crippen molar-refractivity contribution in [2.75, 3.05) is 0 Å². The summed E-state index contributed by atoms with van der Waals surface area (Å²) in [6.07, 6.45) is 2.77. The number of hydrogen-bond donors (Lipinski definition) is 1. The van der Waals surface area contributed by atoms with E-state index in [2.05, 4.69) is 9.97 Å². The Bertz CT molecular complexity index is 782. The summed E-state index contributed by atoms with van der Waals surface area (Å²) < 4.78 is 5.37. The molecule has 0 aliphatic carbocycles. The summed E-state index contributed by atoms with van der Waals surface area (Å²) in [4.78, 5) is 19.0. The zero-order valence-electron chi connectivity index (χ0n) is 9.50. The maximum Gasteiger partial charge on any atom is 0.356 e. The average Bonchev–Trinajstić information content (AvgIpc) is 2.83. The van der Waals surface area contributed by atoms with Crippen LogP contribution in [0, 0.1) is 0 Å². The number of carboxylic acid groups (broad SMARTS) is 1. The van der Waals surface area contributed by atoms with Gasteiger partial charge in [0, 0.05) is 5.39 Å². The number of benzene rings is 1. The number of rotatable bonds is 2. The van der Waals surface area contributed by atoms with Crippen LogP contribution in [0.2, 0.25) is 5.02 Å². The van der Waals surface area contributed by atoms with E-state index in [4.69, 9.17) is 21.1 Å². The third-order valence-corrected chi connectivity index (χ3v) is 2.95. The molecule has 1 N–H and O–H groups in total. The van der Waals surface area contributed by atoms with Gasteiger partial charge in [0.15, 0.2) is 11.5 Å². The normalized spacial score (nSPS) is 10.8. The summed E-state index contributed by atoms with van der Waals surface area (Å²) in [5, 5.41) is 9.83. The van der Waals surface area contributed by atoms with Crippen LogP contribution in [0.3, 0.4) is 0 Å². The van der Waals surface area contributed by atoms with Crippen molar-refractivity contribution in [3.63, 3.8) is 0 Å². The van der Waals surface area contributed by atoms with E-state index in [9.17, 15) is 4.79 Å². The molecule has 2 heterocycles. The fraction of sp³-hybridized carbons (Fsp3) is 0. The predicted molar refractivity (Wildman–Crippen MR) is 69.2 cm³/mol. The number of para-hydroxylation sites is 1. The Morgan fingerprint density at radius 1 is 1.32 bits per heavy atom. The zero-order chi connectivity index (χ0) is 13.4. The van der Waals surface area contributed by atoms with E-state index in [0.717, 1.165) is 5.39 Å². The molecule has 3 aromatic rings. The summed E-state index contributed by atoms with van der Waals surface area (Å²) in [6, 6.07) is 7.37. The Balaban J connectivity index is 2.22. The lowest BCUT2D eigenvalue weighted by Crippen LogP contribution is -2.03. The number of fused-ring (bicyclic) bond motifs is 1. The lowest BCUT2D eigenvalue weighted by Gasteiger charge is -2.01. The monoisotopic (exact) mass is 274 g/mol. The smallest absolute Gasteiger partial charge is 0.356 e. The van der Waals surface area contributed by atoms with Gasteiger partial charge in [0.05, 0.1) is 16.8 Å². The van der Waals surface area contributed by atoms with Crippen molar-refractivity contribution in [3.05, 3.63) is 47.4 Å². The molecule has 5 nitrogen and oxygen atoms in total. The maximum absolute atomic E-state index is 11.0. The fourth-order valence-electron chi connectivity index (χ4n) is 1.80. The van der Waals surface area contributed by atoms with Crippen molar-refractivity contribution in [2.45, 2.75) is 0 Å². The number of nitrogens with zero attached hydrogens (tertiary/aromatic N) is 2. The molecule has 0 aliphatic rings. The molecule has 0 atom stereocenters. The Kier molecular flexibility index (Phi) is 2.68. The van der Waals surface area contributed by atoms with Gasteiger partial charge in [0.1, 0.15) is 11.8 Å². The van der Waals surface area contributed by atoms with Crippen LogP contribution in [0.4, 0.5) is 0 Å². The second-order valence-corrected chi connectivity index (χ2v) is 4.25. The predicted octanol–water partition coefficient (Wildman–Crippen LogP) is 3.24. The summed E-state index contributed by atoms with van der Waals surface area (Å²) in [5.41, 5.74) is 1.10. The van der Waals surface area contributed by atoms with E-state index in [1.165, 1.54) is 12.5 Å². The minimum absolute atomic E-state index is 0.00375. The number of halogens is 1. The number of aromatic carboxylic acids is 1. The van der Waals surface area contributed by atoms with E-state index < -0.39 is 5.97 Å². The Labute approximate surface area is 112 Å². The summed E-state index contributed by atoms with van der Waals surface area (Å²) in [7, 11) is 0. The second-order valence-electron chi connectivity index (χ2n) is 3.84. The fourth-order valence-corrected chi connectivity index (χ4v) is 1.97. The van der Waals surface area contributed by atoms with Gasteiger partial charge in [-0.25, -0.2) is 14.8 Å². The molecule has 1 aromatic carbocycles. The van der Waals surface area contributed by atoms with Gasteiger partial charge >= 0.3 is 5.97 Å². The van der Waals surface area contributed by atoms with Gasteiger partial charge in [-0.2, -0.15) is 0 Å². The van der Waals surface area contributed by atoms with Crippen LogP contribution >= 0.6 is 11.6 Å². The number of carbonyl (C=O) groups is 1. The quantitative estimate of drug-likeness (QED) is 0.776. The minimum atomic E-state index is -1.19. The molecule has 0 bridgehead atoms. The van der Waals surface area contributed by atoms with Crippen molar-refractivity contribution in [2.24, 2.45) is 0 Å². The molecule has 0 saturated carbocycles. The van der Waals surface area contributed by atoms with Crippen LogP contribution in [-0.2, 0) is 0 Å². The first-order valence-electron chi connectivity index (χ1n) is 5.39. The molecule has 19 heavy (non-hydrogen) atoms. The van der Waals surface area contributed by atoms with Crippen LogP contribution in [0.15, 0.2) is 41.1 Å². The standard InChI is InChI=1S/C13H7ClN2O3/c14-9-5-15-12(16-11(9)13(17)18)8-6-19-10-4-2-1-3-7(8)10/h1-6H,(H,17,18). The van der Waals surface area contributed by atoms with E-state index >= 15 is 0 Å². The molecule has 0 radical (unpaired) electrons. The first-order valence-corrected chi connectivity index (χ1v) is 5.77. The number of carboxylic acids is 1. The van der Waals surface area contributed by atoms with Crippen LogP contribution in [-0.4, -0.2) is 21.0 Å². The number of aromatic nitrogens is 2. The van der Waals surface area contributed by atoms with Crippen molar-refractivity contribution >= 4 is 28.5 Å². The second kappa shape index (κ2) is 4.37. The van der Waals surface area contributed by atoms with Gasteiger partial charge in [-0.3, -0.25) is 0 Å². The van der Waals surface area contributed by atoms with Gasteiger partial charge < -0.3 is 9.52 Å². The zero-order valence-corrected chi connectivity index (χ0v) is 10.3. The third-order valence-electron chi connectivity index (χ3n) is 2.67. The van der Waals surface area contributed by atoms with E-state index in [1.807, 2.05) is 24.3 Å². The first kappa shape index (κ1) is 11.7. The van der Waals surface area contributed by atoms with Gasteiger partial charge in [-0.1, -0.05) is 29.8 Å². The molecule has 0 spiro atoms. The Hall–Kier alpha value is -2.40. The van der Waals surface area contributed by atoms with Crippen LogP contribution in [0.1, 0.15) is 10.5 Å². The molecule has 3 rings (SSSR count). The molecule has 6 heteroatoms. The Morgan fingerprint density at radius 2 is 2.11 bits per heavy atom. The highest BCUT2D eigenvalue weighted by Crippen LogP contribution is 2.28. The van der Waals surface area contributed by atoms with Crippen LogP contribution < -0.4 is 0 Å². The van der Waals surface area contributed by atoms with Crippen molar-refractivity contribution in [1.82, 2.24) is 9.97 Å². The summed E-state index contributed by atoms with van der Waals surface area (Å²) >= 11 is 5.74. The number of hydrogen-bond acceptors (Lipinski definition) is 4. The largest absolute Gasteiger partial charge is 0.476 e. The highest BCUT2D eigenvalue weighted by molar-refractivity contribution is 6.33. The first-order chi connectivity index (χ1) is 9.16. The van der Waals surface area contributed by atoms with Crippen molar-refractivity contribution in [1.29, 1.82) is 0 Å². The van der Waals surface area contributed by atoms with Crippen molar-refractivity contribution in [3.8, 4) is 11.4 Å². The van der Waals surface area contributed by atoms with E-state index in [-0.39, 0.29) is 16.5 Å². The van der Waals surface area contributed by atoms with Crippen LogP contribution in [0.5, 0.6) is 0 Å². The van der Waals surface area contributed by atoms with Gasteiger partial charge in [0.25, 0.3) is 0 Å². The molecule has 0 unspecified atom stereocenters. The summed E-state index contributed by atoms with van der Waals surface area (Å²) in [5.74, 6) is -0.923.